The zero-order valence-electron chi connectivity index (χ0n) is 14.5. The lowest BCUT2D eigenvalue weighted by atomic mass is 10.0. The Balaban J connectivity index is 0.00000288. The predicted octanol–water partition coefficient (Wildman–Crippen LogP) is 2.80. The average molecular weight is 447 g/mol. The largest absolute Gasteiger partial charge is 0.381 e. The van der Waals surface area contributed by atoms with Crippen LogP contribution in [-0.4, -0.2) is 46.0 Å². The van der Waals surface area contributed by atoms with E-state index in [0.29, 0.717) is 5.92 Å². The van der Waals surface area contributed by atoms with Gasteiger partial charge in [-0.3, -0.25) is 4.99 Å². The summed E-state index contributed by atoms with van der Waals surface area (Å²) in [5.74, 6) is 1.51. The zero-order valence-corrected chi connectivity index (χ0v) is 16.8. The lowest BCUT2D eigenvalue weighted by Gasteiger charge is -2.21. The fourth-order valence-electron chi connectivity index (χ4n) is 2.55. The number of ether oxygens (including phenoxy) is 2. The number of rotatable bonds is 8. The Kier molecular flexibility index (Phi) is 11.9. The second-order valence-corrected chi connectivity index (χ2v) is 5.82. The second-order valence-electron chi connectivity index (χ2n) is 5.82. The van der Waals surface area contributed by atoms with Crippen LogP contribution in [0.1, 0.15) is 24.8 Å². The fourth-order valence-corrected chi connectivity index (χ4v) is 2.55. The van der Waals surface area contributed by atoms with Crippen LogP contribution in [0, 0.1) is 5.92 Å². The molecule has 1 aromatic carbocycles. The van der Waals surface area contributed by atoms with E-state index in [9.17, 15) is 0 Å². The number of guanidine groups is 1. The summed E-state index contributed by atoms with van der Waals surface area (Å²) in [6.07, 6.45) is 3.25. The molecule has 136 valence electrons. The van der Waals surface area contributed by atoms with Crippen molar-refractivity contribution < 1.29 is 9.47 Å². The molecule has 1 heterocycles. The predicted molar refractivity (Wildman–Crippen MR) is 109 cm³/mol. The van der Waals surface area contributed by atoms with Crippen molar-refractivity contribution in [3.63, 3.8) is 0 Å². The van der Waals surface area contributed by atoms with E-state index in [1.165, 1.54) is 5.56 Å². The zero-order chi connectivity index (χ0) is 16.2. The van der Waals surface area contributed by atoms with Gasteiger partial charge in [0, 0.05) is 46.6 Å². The van der Waals surface area contributed by atoms with Gasteiger partial charge in [0.25, 0.3) is 0 Å². The molecule has 6 heteroatoms. The molecule has 0 aliphatic carbocycles. The molecule has 0 bridgehead atoms. The fraction of sp³-hybridized carbons (Fsp3) is 0.611. The molecule has 2 rings (SSSR count). The molecule has 1 aliphatic rings. The van der Waals surface area contributed by atoms with E-state index in [1.807, 2.05) is 18.2 Å². The summed E-state index contributed by atoms with van der Waals surface area (Å²) in [7, 11) is 1.79. The first-order valence-corrected chi connectivity index (χ1v) is 8.52. The Labute approximate surface area is 162 Å². The molecule has 0 amide bonds. The monoisotopic (exact) mass is 447 g/mol. The minimum Gasteiger partial charge on any atom is -0.381 e. The molecule has 2 N–H and O–H groups in total. The molecule has 0 radical (unpaired) electrons. The molecule has 1 aliphatic heterocycles. The summed E-state index contributed by atoms with van der Waals surface area (Å²) in [5.41, 5.74) is 1.25. The smallest absolute Gasteiger partial charge is 0.191 e. The molecule has 0 unspecified atom stereocenters. The maximum atomic E-state index is 5.76. The van der Waals surface area contributed by atoms with Crippen LogP contribution in [0.5, 0.6) is 0 Å². The van der Waals surface area contributed by atoms with E-state index >= 15 is 0 Å². The molecule has 0 saturated carbocycles. The van der Waals surface area contributed by atoms with Gasteiger partial charge in [-0.05, 0) is 30.7 Å². The number of nitrogens with one attached hydrogen (secondary N) is 2. The Bertz CT molecular complexity index is 451. The third-order valence-electron chi connectivity index (χ3n) is 3.98. The molecule has 0 spiro atoms. The van der Waals surface area contributed by atoms with E-state index in [4.69, 9.17) is 9.47 Å². The van der Waals surface area contributed by atoms with Gasteiger partial charge in [-0.25, -0.2) is 0 Å². The summed E-state index contributed by atoms with van der Waals surface area (Å²) in [6, 6.07) is 10.3. The van der Waals surface area contributed by atoms with Crippen molar-refractivity contribution in [1.82, 2.24) is 10.6 Å². The highest BCUT2D eigenvalue weighted by molar-refractivity contribution is 14.0. The van der Waals surface area contributed by atoms with Gasteiger partial charge in [0.15, 0.2) is 5.96 Å². The molecule has 0 atom stereocenters. The van der Waals surface area contributed by atoms with Crippen LogP contribution in [0.15, 0.2) is 35.3 Å². The number of nitrogens with zero attached hydrogens (tertiary/aromatic N) is 1. The summed E-state index contributed by atoms with van der Waals surface area (Å²) < 4.78 is 11.1. The van der Waals surface area contributed by atoms with Crippen molar-refractivity contribution in [3.05, 3.63) is 35.9 Å². The van der Waals surface area contributed by atoms with Crippen LogP contribution in [0.2, 0.25) is 0 Å². The van der Waals surface area contributed by atoms with E-state index in [2.05, 4.69) is 27.8 Å². The summed E-state index contributed by atoms with van der Waals surface area (Å²) in [4.78, 5) is 4.23. The van der Waals surface area contributed by atoms with Crippen molar-refractivity contribution in [2.45, 2.75) is 25.8 Å². The first kappa shape index (κ1) is 21.2. The van der Waals surface area contributed by atoms with Gasteiger partial charge >= 0.3 is 0 Å². The molecule has 1 aromatic rings. The first-order chi connectivity index (χ1) is 11.4. The van der Waals surface area contributed by atoms with E-state index < -0.39 is 0 Å². The summed E-state index contributed by atoms with van der Waals surface area (Å²) >= 11 is 0. The van der Waals surface area contributed by atoms with Crippen LogP contribution < -0.4 is 10.6 Å². The lowest BCUT2D eigenvalue weighted by molar-refractivity contribution is 0.0203. The van der Waals surface area contributed by atoms with Crippen molar-refractivity contribution in [1.29, 1.82) is 0 Å². The van der Waals surface area contributed by atoms with Crippen LogP contribution in [-0.2, 0) is 16.0 Å². The quantitative estimate of drug-likeness (QED) is 0.279. The first-order valence-electron chi connectivity index (χ1n) is 8.52. The number of halogens is 1. The number of aliphatic imine (C=N–C) groups is 1. The Morgan fingerprint density at radius 2 is 1.96 bits per heavy atom. The van der Waals surface area contributed by atoms with Crippen molar-refractivity contribution in [2.24, 2.45) is 10.9 Å². The highest BCUT2D eigenvalue weighted by atomic mass is 127. The Hall–Kier alpha value is -0.860. The maximum Gasteiger partial charge on any atom is 0.191 e. The highest BCUT2D eigenvalue weighted by Crippen LogP contribution is 2.14. The Morgan fingerprint density at radius 3 is 2.67 bits per heavy atom. The number of hydrogen-bond donors (Lipinski definition) is 2. The minimum atomic E-state index is 0. The van der Waals surface area contributed by atoms with Gasteiger partial charge in [-0.1, -0.05) is 30.3 Å². The molecular formula is C18H30IN3O2. The molecule has 0 aromatic heterocycles. The highest BCUT2D eigenvalue weighted by Gasteiger charge is 2.13. The van der Waals surface area contributed by atoms with Crippen molar-refractivity contribution in [2.75, 3.05) is 40.0 Å². The topological polar surface area (TPSA) is 54.9 Å². The minimum absolute atomic E-state index is 0. The Morgan fingerprint density at radius 1 is 1.21 bits per heavy atom. The van der Waals surface area contributed by atoms with Gasteiger partial charge < -0.3 is 20.1 Å². The standard InChI is InChI=1S/C18H29N3O2.HI/c1-19-18(21-14-16-6-3-2-4-7-16)20-10-5-11-23-15-17-8-12-22-13-9-17;/h2-4,6-7,17H,5,8-15H2,1H3,(H2,19,20,21);1H. The van der Waals surface area contributed by atoms with Gasteiger partial charge in [-0.2, -0.15) is 0 Å². The molecular weight excluding hydrogens is 417 g/mol. The van der Waals surface area contributed by atoms with E-state index in [1.54, 1.807) is 7.05 Å². The van der Waals surface area contributed by atoms with Crippen LogP contribution in [0.3, 0.4) is 0 Å². The van der Waals surface area contributed by atoms with Crippen LogP contribution in [0.25, 0.3) is 0 Å². The van der Waals surface area contributed by atoms with E-state index in [-0.39, 0.29) is 24.0 Å². The lowest BCUT2D eigenvalue weighted by Crippen LogP contribution is -2.37. The maximum absolute atomic E-state index is 5.76. The van der Waals surface area contributed by atoms with Gasteiger partial charge in [0.1, 0.15) is 0 Å². The SMILES string of the molecule is CN=C(NCCCOCC1CCOCC1)NCc1ccccc1.I. The normalized spacial score (nSPS) is 15.6. The summed E-state index contributed by atoms with van der Waals surface area (Å²) in [6.45, 7) is 5.07. The average Bonchev–Trinajstić information content (AvgIpc) is 2.62. The van der Waals surface area contributed by atoms with Crippen molar-refractivity contribution in [3.8, 4) is 0 Å². The third-order valence-corrected chi connectivity index (χ3v) is 3.98. The third kappa shape index (κ3) is 8.84. The van der Waals surface area contributed by atoms with Gasteiger partial charge in [-0.15, -0.1) is 24.0 Å². The summed E-state index contributed by atoms with van der Waals surface area (Å²) in [5, 5.41) is 6.63. The van der Waals surface area contributed by atoms with E-state index in [0.717, 1.165) is 64.7 Å². The number of benzene rings is 1. The van der Waals surface area contributed by atoms with Crippen LogP contribution in [0.4, 0.5) is 0 Å². The molecule has 1 fully saturated rings. The molecule has 1 saturated heterocycles. The van der Waals surface area contributed by atoms with Gasteiger partial charge in [0.05, 0.1) is 0 Å². The van der Waals surface area contributed by atoms with Crippen LogP contribution >= 0.6 is 24.0 Å². The molecule has 24 heavy (non-hydrogen) atoms. The second kappa shape index (κ2) is 13.4. The molecule has 5 nitrogen and oxygen atoms in total. The number of hydrogen-bond acceptors (Lipinski definition) is 3. The van der Waals surface area contributed by atoms with Gasteiger partial charge in [0.2, 0.25) is 0 Å². The van der Waals surface area contributed by atoms with Crippen molar-refractivity contribution >= 4 is 29.9 Å².